The first-order chi connectivity index (χ1) is 10.8. The third-order valence-corrected chi connectivity index (χ3v) is 4.34. The molecule has 0 bridgehead atoms. The lowest BCUT2D eigenvalue weighted by Gasteiger charge is -2.31. The molecule has 1 aliphatic rings. The molecule has 4 heteroatoms. The molecule has 1 fully saturated rings. The molecule has 0 saturated carbocycles. The van der Waals surface area contributed by atoms with Crippen LogP contribution in [0.1, 0.15) is 34.7 Å². The summed E-state index contributed by atoms with van der Waals surface area (Å²) in [6.45, 7) is 1.93. The minimum absolute atomic E-state index is 0.0159. The van der Waals surface area contributed by atoms with E-state index in [4.69, 9.17) is 10.2 Å². The number of hydrogen-bond acceptors (Lipinski definition) is 3. The molecule has 22 heavy (non-hydrogen) atoms. The maximum absolute atomic E-state index is 12.4. The lowest BCUT2D eigenvalue weighted by molar-refractivity contribution is 0.0656. The zero-order valence-corrected chi connectivity index (χ0v) is 12.7. The fourth-order valence-corrected chi connectivity index (χ4v) is 3.05. The molecule has 0 spiro atoms. The Kier molecular flexibility index (Phi) is 4.59. The molecule has 4 nitrogen and oxygen atoms in total. The second-order valence-corrected chi connectivity index (χ2v) is 5.90. The van der Waals surface area contributed by atoms with Crippen LogP contribution in [-0.4, -0.2) is 23.9 Å². The largest absolute Gasteiger partial charge is 0.455 e. The van der Waals surface area contributed by atoms with Gasteiger partial charge in [-0.15, -0.1) is 0 Å². The molecule has 0 unspecified atom stereocenters. The van der Waals surface area contributed by atoms with Crippen molar-refractivity contribution in [1.29, 1.82) is 0 Å². The highest BCUT2D eigenvalue weighted by atomic mass is 16.4. The summed E-state index contributed by atoms with van der Waals surface area (Å²) < 4.78 is 5.45. The van der Waals surface area contributed by atoms with E-state index in [1.807, 2.05) is 11.0 Å². The standard InChI is InChI=1S/C18H22N2O2/c19-13-16-6-7-17(22-16)18(21)20-10-8-15(9-11-20)12-14-4-2-1-3-5-14/h1-7,15H,8-13,19H2. The Labute approximate surface area is 130 Å². The summed E-state index contributed by atoms with van der Waals surface area (Å²) >= 11 is 0. The Morgan fingerprint density at radius 1 is 1.14 bits per heavy atom. The predicted molar refractivity (Wildman–Crippen MR) is 85.4 cm³/mol. The number of hydrogen-bond donors (Lipinski definition) is 1. The fraction of sp³-hybridized carbons (Fsp3) is 0.389. The molecule has 0 aliphatic carbocycles. The molecule has 1 aromatic heterocycles. The number of nitrogens with two attached hydrogens (primary N) is 1. The summed E-state index contributed by atoms with van der Waals surface area (Å²) in [6.07, 6.45) is 3.19. The summed E-state index contributed by atoms with van der Waals surface area (Å²) in [6, 6.07) is 14.1. The number of carbonyl (C=O) groups excluding carboxylic acids is 1. The summed E-state index contributed by atoms with van der Waals surface area (Å²) in [4.78, 5) is 14.3. The van der Waals surface area contributed by atoms with Crippen LogP contribution in [0.15, 0.2) is 46.9 Å². The van der Waals surface area contributed by atoms with Crippen molar-refractivity contribution in [2.45, 2.75) is 25.8 Å². The molecule has 3 rings (SSSR count). The van der Waals surface area contributed by atoms with Gasteiger partial charge in [-0.05, 0) is 42.9 Å². The highest BCUT2D eigenvalue weighted by molar-refractivity contribution is 5.91. The molecule has 2 N–H and O–H groups in total. The Bertz CT molecular complexity index is 613. The monoisotopic (exact) mass is 298 g/mol. The summed E-state index contributed by atoms with van der Waals surface area (Å²) in [5.74, 6) is 1.70. The van der Waals surface area contributed by atoms with Gasteiger partial charge in [0.1, 0.15) is 5.76 Å². The number of benzene rings is 1. The van der Waals surface area contributed by atoms with Crippen LogP contribution in [-0.2, 0) is 13.0 Å². The summed E-state index contributed by atoms with van der Waals surface area (Å²) in [7, 11) is 0. The predicted octanol–water partition coefficient (Wildman–Crippen LogP) is 2.83. The van der Waals surface area contributed by atoms with E-state index < -0.39 is 0 Å². The number of likely N-dealkylation sites (tertiary alicyclic amines) is 1. The average molecular weight is 298 g/mol. The van der Waals surface area contributed by atoms with Gasteiger partial charge in [0.15, 0.2) is 5.76 Å². The number of furan rings is 1. The van der Waals surface area contributed by atoms with E-state index in [0.717, 1.165) is 32.4 Å². The van der Waals surface area contributed by atoms with E-state index in [9.17, 15) is 4.79 Å². The van der Waals surface area contributed by atoms with Gasteiger partial charge in [0.05, 0.1) is 6.54 Å². The number of rotatable bonds is 4. The first-order valence-corrected chi connectivity index (χ1v) is 7.88. The van der Waals surface area contributed by atoms with Crippen LogP contribution in [0.5, 0.6) is 0 Å². The van der Waals surface area contributed by atoms with Gasteiger partial charge in [-0.3, -0.25) is 4.79 Å². The van der Waals surface area contributed by atoms with Gasteiger partial charge >= 0.3 is 0 Å². The van der Waals surface area contributed by atoms with Gasteiger partial charge in [-0.25, -0.2) is 0 Å². The summed E-state index contributed by atoms with van der Waals surface area (Å²) in [5, 5.41) is 0. The third kappa shape index (κ3) is 3.39. The number of nitrogens with zero attached hydrogens (tertiary/aromatic N) is 1. The smallest absolute Gasteiger partial charge is 0.289 e. The van der Waals surface area contributed by atoms with Gasteiger partial charge < -0.3 is 15.1 Å². The summed E-state index contributed by atoms with van der Waals surface area (Å²) in [5.41, 5.74) is 6.90. The van der Waals surface area contributed by atoms with Crippen LogP contribution in [0.3, 0.4) is 0 Å². The van der Waals surface area contributed by atoms with Crippen molar-refractivity contribution in [2.75, 3.05) is 13.1 Å². The van der Waals surface area contributed by atoms with E-state index in [2.05, 4.69) is 24.3 Å². The van der Waals surface area contributed by atoms with Crippen molar-refractivity contribution in [3.8, 4) is 0 Å². The molecule has 116 valence electrons. The maximum Gasteiger partial charge on any atom is 0.289 e. The van der Waals surface area contributed by atoms with Gasteiger partial charge in [0.25, 0.3) is 5.91 Å². The fourth-order valence-electron chi connectivity index (χ4n) is 3.05. The third-order valence-electron chi connectivity index (χ3n) is 4.34. The van der Waals surface area contributed by atoms with Crippen molar-refractivity contribution >= 4 is 5.91 Å². The van der Waals surface area contributed by atoms with Gasteiger partial charge in [0.2, 0.25) is 0 Å². The Morgan fingerprint density at radius 2 is 1.86 bits per heavy atom. The van der Waals surface area contributed by atoms with E-state index >= 15 is 0 Å². The second-order valence-electron chi connectivity index (χ2n) is 5.90. The first-order valence-electron chi connectivity index (χ1n) is 7.88. The van der Waals surface area contributed by atoms with E-state index in [1.54, 1.807) is 12.1 Å². The van der Waals surface area contributed by atoms with Gasteiger partial charge in [0, 0.05) is 13.1 Å². The molecule has 2 aromatic rings. The molecule has 1 aliphatic heterocycles. The van der Waals surface area contributed by atoms with Crippen molar-refractivity contribution in [3.63, 3.8) is 0 Å². The minimum Gasteiger partial charge on any atom is -0.455 e. The normalized spacial score (nSPS) is 16.0. The molecule has 1 saturated heterocycles. The quantitative estimate of drug-likeness (QED) is 0.944. The maximum atomic E-state index is 12.4. The van der Waals surface area contributed by atoms with Crippen molar-refractivity contribution in [2.24, 2.45) is 11.7 Å². The SMILES string of the molecule is NCc1ccc(C(=O)N2CCC(Cc3ccccc3)CC2)o1. The lowest BCUT2D eigenvalue weighted by atomic mass is 9.90. The molecule has 0 atom stereocenters. The van der Waals surface area contributed by atoms with Crippen LogP contribution in [0.2, 0.25) is 0 Å². The zero-order valence-electron chi connectivity index (χ0n) is 12.7. The highest BCUT2D eigenvalue weighted by Gasteiger charge is 2.25. The molecular formula is C18H22N2O2. The van der Waals surface area contributed by atoms with Crippen molar-refractivity contribution < 1.29 is 9.21 Å². The highest BCUT2D eigenvalue weighted by Crippen LogP contribution is 2.23. The van der Waals surface area contributed by atoms with Crippen LogP contribution >= 0.6 is 0 Å². The molecule has 0 radical (unpaired) electrons. The van der Waals surface area contributed by atoms with Crippen molar-refractivity contribution in [1.82, 2.24) is 4.90 Å². The average Bonchev–Trinajstić information content (AvgIpc) is 3.05. The first kappa shape index (κ1) is 14.9. The molecule has 2 heterocycles. The van der Waals surface area contributed by atoms with Gasteiger partial charge in [-0.2, -0.15) is 0 Å². The van der Waals surface area contributed by atoms with Crippen LogP contribution in [0, 0.1) is 5.92 Å². The Hall–Kier alpha value is -2.07. The number of piperidine rings is 1. The Balaban J connectivity index is 1.54. The molecule has 1 aromatic carbocycles. The van der Waals surface area contributed by atoms with E-state index in [-0.39, 0.29) is 5.91 Å². The molecular weight excluding hydrogens is 276 g/mol. The van der Waals surface area contributed by atoms with Crippen LogP contribution in [0.25, 0.3) is 0 Å². The lowest BCUT2D eigenvalue weighted by Crippen LogP contribution is -2.38. The van der Waals surface area contributed by atoms with Crippen LogP contribution in [0.4, 0.5) is 0 Å². The van der Waals surface area contributed by atoms with Gasteiger partial charge in [-0.1, -0.05) is 30.3 Å². The van der Waals surface area contributed by atoms with Crippen molar-refractivity contribution in [3.05, 3.63) is 59.5 Å². The topological polar surface area (TPSA) is 59.5 Å². The van der Waals surface area contributed by atoms with E-state index in [1.165, 1.54) is 5.56 Å². The van der Waals surface area contributed by atoms with Crippen LogP contribution < -0.4 is 5.73 Å². The minimum atomic E-state index is -0.0159. The number of amides is 1. The number of carbonyl (C=O) groups is 1. The Morgan fingerprint density at radius 3 is 2.50 bits per heavy atom. The van der Waals surface area contributed by atoms with E-state index in [0.29, 0.717) is 24.0 Å². The molecule has 1 amide bonds. The second kappa shape index (κ2) is 6.79. The zero-order chi connectivity index (χ0) is 15.4.